The predicted molar refractivity (Wildman–Crippen MR) is 71.8 cm³/mol. The lowest BCUT2D eigenvalue weighted by atomic mass is 9.83. The fourth-order valence-corrected chi connectivity index (χ4v) is 2.55. The summed E-state index contributed by atoms with van der Waals surface area (Å²) >= 11 is 0. The van der Waals surface area contributed by atoms with Gasteiger partial charge in [0.15, 0.2) is 0 Å². The van der Waals surface area contributed by atoms with Crippen LogP contribution in [-0.4, -0.2) is 37.0 Å². The first kappa shape index (κ1) is 14.5. The summed E-state index contributed by atoms with van der Waals surface area (Å²) in [6, 6.07) is 0.346. The van der Waals surface area contributed by atoms with Gasteiger partial charge in [0.25, 0.3) is 0 Å². The highest BCUT2D eigenvalue weighted by molar-refractivity contribution is 5.78. The van der Waals surface area contributed by atoms with Crippen molar-refractivity contribution in [3.05, 3.63) is 0 Å². The molecule has 3 nitrogen and oxygen atoms in total. The van der Waals surface area contributed by atoms with Gasteiger partial charge in [-0.15, -0.1) is 0 Å². The summed E-state index contributed by atoms with van der Waals surface area (Å²) in [5.41, 5.74) is 0. The van der Waals surface area contributed by atoms with Gasteiger partial charge in [0.2, 0.25) is 5.91 Å². The molecule has 1 heterocycles. The van der Waals surface area contributed by atoms with Crippen molar-refractivity contribution < 1.29 is 4.79 Å². The second-order valence-corrected chi connectivity index (χ2v) is 6.07. The fraction of sp³-hybridized carbons (Fsp3) is 0.929. The molecular weight excluding hydrogens is 212 g/mol. The molecular formula is C14H28N2O. The molecule has 1 unspecified atom stereocenters. The lowest BCUT2D eigenvalue weighted by molar-refractivity contribution is -0.125. The minimum atomic E-state index is 0.0857. The SMILES string of the molecule is CC(C)C(=O)NC(C(C)C)C1CCN(C)CC1. The van der Waals surface area contributed by atoms with E-state index < -0.39 is 0 Å². The highest BCUT2D eigenvalue weighted by Gasteiger charge is 2.29. The number of nitrogens with one attached hydrogen (secondary N) is 1. The molecule has 100 valence electrons. The number of carbonyl (C=O) groups excluding carboxylic acids is 1. The molecule has 17 heavy (non-hydrogen) atoms. The van der Waals surface area contributed by atoms with Crippen LogP contribution < -0.4 is 5.32 Å². The van der Waals surface area contributed by atoms with E-state index in [0.717, 1.165) is 13.1 Å². The summed E-state index contributed by atoms with van der Waals surface area (Å²) in [6.07, 6.45) is 2.41. The van der Waals surface area contributed by atoms with Crippen LogP contribution >= 0.6 is 0 Å². The second-order valence-electron chi connectivity index (χ2n) is 6.07. The summed E-state index contributed by atoms with van der Waals surface area (Å²) in [6.45, 7) is 10.7. The van der Waals surface area contributed by atoms with E-state index in [9.17, 15) is 4.79 Å². The van der Waals surface area contributed by atoms with Crippen LogP contribution in [0.1, 0.15) is 40.5 Å². The lowest BCUT2D eigenvalue weighted by Gasteiger charge is -2.37. The highest BCUT2D eigenvalue weighted by Crippen LogP contribution is 2.24. The normalized spacial score (nSPS) is 20.9. The third-order valence-electron chi connectivity index (χ3n) is 3.82. The van der Waals surface area contributed by atoms with Crippen LogP contribution in [0.15, 0.2) is 0 Å². The van der Waals surface area contributed by atoms with E-state index in [-0.39, 0.29) is 11.8 Å². The minimum absolute atomic E-state index is 0.0857. The number of nitrogens with zero attached hydrogens (tertiary/aromatic N) is 1. The molecule has 1 atom stereocenters. The first-order valence-corrected chi connectivity index (χ1v) is 6.90. The molecule has 1 N–H and O–H groups in total. The summed E-state index contributed by atoms with van der Waals surface area (Å²) in [5, 5.41) is 3.24. The van der Waals surface area contributed by atoms with Gasteiger partial charge in [-0.05, 0) is 44.8 Å². The topological polar surface area (TPSA) is 32.3 Å². The van der Waals surface area contributed by atoms with Gasteiger partial charge in [0.1, 0.15) is 0 Å². The van der Waals surface area contributed by atoms with E-state index >= 15 is 0 Å². The molecule has 1 saturated heterocycles. The highest BCUT2D eigenvalue weighted by atomic mass is 16.1. The number of piperidine rings is 1. The molecule has 0 aliphatic carbocycles. The number of hydrogen-bond donors (Lipinski definition) is 1. The molecule has 1 fully saturated rings. The van der Waals surface area contributed by atoms with Gasteiger partial charge in [-0.3, -0.25) is 4.79 Å². The molecule has 0 saturated carbocycles. The van der Waals surface area contributed by atoms with Crippen molar-refractivity contribution in [2.45, 2.75) is 46.6 Å². The summed E-state index contributed by atoms with van der Waals surface area (Å²) in [5.74, 6) is 1.45. The molecule has 1 amide bonds. The van der Waals surface area contributed by atoms with Crippen LogP contribution in [-0.2, 0) is 4.79 Å². The second kappa shape index (κ2) is 6.39. The van der Waals surface area contributed by atoms with Crippen LogP contribution in [0.3, 0.4) is 0 Å². The van der Waals surface area contributed by atoms with Gasteiger partial charge in [-0.1, -0.05) is 27.7 Å². The maximum Gasteiger partial charge on any atom is 0.222 e. The first-order valence-electron chi connectivity index (χ1n) is 6.90. The average molecular weight is 240 g/mol. The van der Waals surface area contributed by atoms with Gasteiger partial charge >= 0.3 is 0 Å². The summed E-state index contributed by atoms with van der Waals surface area (Å²) in [7, 11) is 2.17. The van der Waals surface area contributed by atoms with Gasteiger partial charge in [0.05, 0.1) is 0 Å². The Morgan fingerprint density at radius 1 is 1.18 bits per heavy atom. The Hall–Kier alpha value is -0.570. The van der Waals surface area contributed by atoms with Gasteiger partial charge in [-0.25, -0.2) is 0 Å². The number of likely N-dealkylation sites (tertiary alicyclic amines) is 1. The largest absolute Gasteiger partial charge is 0.353 e. The lowest BCUT2D eigenvalue weighted by Crippen LogP contribution is -2.48. The third-order valence-corrected chi connectivity index (χ3v) is 3.82. The van der Waals surface area contributed by atoms with Crippen LogP contribution in [0, 0.1) is 17.8 Å². The third kappa shape index (κ3) is 4.30. The molecule has 0 spiro atoms. The molecule has 0 aromatic heterocycles. The zero-order chi connectivity index (χ0) is 13.0. The molecule has 0 radical (unpaired) electrons. The molecule has 0 aromatic rings. The maximum absolute atomic E-state index is 11.8. The van der Waals surface area contributed by atoms with Crippen LogP contribution in [0.5, 0.6) is 0 Å². The van der Waals surface area contributed by atoms with E-state index in [1.165, 1.54) is 12.8 Å². The van der Waals surface area contributed by atoms with Gasteiger partial charge < -0.3 is 10.2 Å². The van der Waals surface area contributed by atoms with E-state index in [0.29, 0.717) is 17.9 Å². The Kier molecular flexibility index (Phi) is 5.44. The zero-order valence-corrected chi connectivity index (χ0v) is 12.0. The van der Waals surface area contributed by atoms with Crippen LogP contribution in [0.2, 0.25) is 0 Å². The number of amides is 1. The van der Waals surface area contributed by atoms with Crippen molar-refractivity contribution in [3.63, 3.8) is 0 Å². The van der Waals surface area contributed by atoms with Crippen molar-refractivity contribution in [3.8, 4) is 0 Å². The summed E-state index contributed by atoms with van der Waals surface area (Å²) < 4.78 is 0. The van der Waals surface area contributed by atoms with E-state index in [2.05, 4.69) is 31.1 Å². The number of hydrogen-bond acceptors (Lipinski definition) is 2. The zero-order valence-electron chi connectivity index (χ0n) is 12.0. The Labute approximate surface area is 106 Å². The van der Waals surface area contributed by atoms with Crippen molar-refractivity contribution in [1.82, 2.24) is 10.2 Å². The van der Waals surface area contributed by atoms with E-state index in [1.54, 1.807) is 0 Å². The Morgan fingerprint density at radius 2 is 1.71 bits per heavy atom. The smallest absolute Gasteiger partial charge is 0.222 e. The molecule has 1 aliphatic rings. The van der Waals surface area contributed by atoms with E-state index in [4.69, 9.17) is 0 Å². The van der Waals surface area contributed by atoms with Crippen LogP contribution in [0.25, 0.3) is 0 Å². The van der Waals surface area contributed by atoms with Gasteiger partial charge in [-0.2, -0.15) is 0 Å². The number of carbonyl (C=O) groups is 1. The average Bonchev–Trinajstić information content (AvgIpc) is 2.26. The Balaban J connectivity index is 2.57. The quantitative estimate of drug-likeness (QED) is 0.816. The number of rotatable bonds is 4. The molecule has 3 heteroatoms. The van der Waals surface area contributed by atoms with Crippen LogP contribution in [0.4, 0.5) is 0 Å². The molecule has 1 aliphatic heterocycles. The molecule has 0 aromatic carbocycles. The maximum atomic E-state index is 11.8. The first-order chi connectivity index (χ1) is 7.91. The minimum Gasteiger partial charge on any atom is -0.353 e. The van der Waals surface area contributed by atoms with Crippen molar-refractivity contribution in [2.75, 3.05) is 20.1 Å². The van der Waals surface area contributed by atoms with Gasteiger partial charge in [0, 0.05) is 12.0 Å². The molecule has 0 bridgehead atoms. The van der Waals surface area contributed by atoms with E-state index in [1.807, 2.05) is 13.8 Å². The summed E-state index contributed by atoms with van der Waals surface area (Å²) in [4.78, 5) is 14.2. The Morgan fingerprint density at radius 3 is 2.12 bits per heavy atom. The van der Waals surface area contributed by atoms with Crippen molar-refractivity contribution in [1.29, 1.82) is 0 Å². The Bertz CT molecular complexity index is 243. The fourth-order valence-electron chi connectivity index (χ4n) is 2.55. The predicted octanol–water partition coefficient (Wildman–Crippen LogP) is 2.12. The monoisotopic (exact) mass is 240 g/mol. The van der Waals surface area contributed by atoms with Crippen molar-refractivity contribution >= 4 is 5.91 Å². The molecule has 1 rings (SSSR count). The van der Waals surface area contributed by atoms with Crippen molar-refractivity contribution in [2.24, 2.45) is 17.8 Å². The standard InChI is InChI=1S/C14H28N2O/c1-10(2)13(15-14(17)11(3)4)12-6-8-16(5)9-7-12/h10-13H,6-9H2,1-5H3,(H,15,17).